The van der Waals surface area contributed by atoms with E-state index in [-0.39, 0.29) is 0 Å². The zero-order valence-electron chi connectivity index (χ0n) is 11.7. The number of halogens is 2. The third-order valence-corrected chi connectivity index (χ3v) is 3.83. The van der Waals surface area contributed by atoms with Gasteiger partial charge in [0.15, 0.2) is 6.10 Å². The predicted molar refractivity (Wildman–Crippen MR) is 85.2 cm³/mol. The lowest BCUT2D eigenvalue weighted by Crippen LogP contribution is -2.04. The first kappa shape index (κ1) is 14.9. The van der Waals surface area contributed by atoms with Crippen LogP contribution in [-0.2, 0) is 0 Å². The summed E-state index contributed by atoms with van der Waals surface area (Å²) in [5.74, 6) is 1.29. The lowest BCUT2D eigenvalue weighted by atomic mass is 10.2. The van der Waals surface area contributed by atoms with E-state index >= 15 is 0 Å². The monoisotopic (exact) mass is 334 g/mol. The summed E-state index contributed by atoms with van der Waals surface area (Å²) in [5, 5.41) is 8.85. The maximum absolute atomic E-state index is 6.10. The number of benzene rings is 2. The lowest BCUT2D eigenvalue weighted by Gasteiger charge is -2.12. The highest BCUT2D eigenvalue weighted by atomic mass is 35.5. The van der Waals surface area contributed by atoms with E-state index in [4.69, 9.17) is 32.4 Å². The van der Waals surface area contributed by atoms with Gasteiger partial charge < -0.3 is 9.15 Å². The summed E-state index contributed by atoms with van der Waals surface area (Å²) in [4.78, 5) is 0. The molecule has 0 aliphatic carbocycles. The van der Waals surface area contributed by atoms with Crippen LogP contribution in [0.15, 0.2) is 52.9 Å². The van der Waals surface area contributed by atoms with Crippen molar-refractivity contribution in [1.82, 2.24) is 10.2 Å². The molecule has 0 aliphatic rings. The number of nitrogens with zero attached hydrogens (tertiary/aromatic N) is 2. The van der Waals surface area contributed by atoms with Crippen molar-refractivity contribution >= 4 is 23.2 Å². The van der Waals surface area contributed by atoms with Gasteiger partial charge in [0, 0.05) is 5.56 Å². The predicted octanol–water partition coefficient (Wildman–Crippen LogP) is 5.18. The van der Waals surface area contributed by atoms with Crippen LogP contribution >= 0.6 is 23.2 Å². The van der Waals surface area contributed by atoms with Gasteiger partial charge in [-0.15, -0.1) is 10.2 Å². The van der Waals surface area contributed by atoms with Crippen LogP contribution < -0.4 is 4.74 Å². The number of aromatic nitrogens is 2. The zero-order valence-corrected chi connectivity index (χ0v) is 13.2. The van der Waals surface area contributed by atoms with Crippen LogP contribution in [0.25, 0.3) is 11.5 Å². The molecule has 1 atom stereocenters. The highest BCUT2D eigenvalue weighted by Crippen LogP contribution is 2.34. The molecule has 0 radical (unpaired) electrons. The van der Waals surface area contributed by atoms with E-state index in [9.17, 15) is 0 Å². The maximum Gasteiger partial charge on any atom is 0.257 e. The first-order valence-electron chi connectivity index (χ1n) is 6.64. The molecule has 0 saturated carbocycles. The van der Waals surface area contributed by atoms with Crippen molar-refractivity contribution in [2.75, 3.05) is 0 Å². The van der Waals surface area contributed by atoms with Gasteiger partial charge in [-0.2, -0.15) is 0 Å². The quantitative estimate of drug-likeness (QED) is 0.659. The van der Waals surface area contributed by atoms with Crippen molar-refractivity contribution in [3.63, 3.8) is 0 Å². The van der Waals surface area contributed by atoms with E-state index in [1.165, 1.54) is 0 Å². The number of ether oxygens (including phenoxy) is 1. The van der Waals surface area contributed by atoms with Crippen molar-refractivity contribution in [2.45, 2.75) is 13.0 Å². The van der Waals surface area contributed by atoms with Crippen molar-refractivity contribution in [3.05, 3.63) is 64.5 Å². The molecule has 0 aliphatic heterocycles. The van der Waals surface area contributed by atoms with Gasteiger partial charge in [0.25, 0.3) is 5.89 Å². The van der Waals surface area contributed by atoms with E-state index in [1.54, 1.807) is 25.1 Å². The van der Waals surface area contributed by atoms with Crippen LogP contribution in [0.5, 0.6) is 5.75 Å². The van der Waals surface area contributed by atoms with Gasteiger partial charge in [0.2, 0.25) is 5.89 Å². The van der Waals surface area contributed by atoms with Crippen LogP contribution in [0.1, 0.15) is 18.9 Å². The molecule has 0 fully saturated rings. The Balaban J connectivity index is 1.80. The van der Waals surface area contributed by atoms with Crippen molar-refractivity contribution < 1.29 is 9.15 Å². The van der Waals surface area contributed by atoms with Gasteiger partial charge in [0.1, 0.15) is 10.8 Å². The molecule has 2 aromatic carbocycles. The van der Waals surface area contributed by atoms with Crippen molar-refractivity contribution in [2.24, 2.45) is 0 Å². The van der Waals surface area contributed by atoms with Gasteiger partial charge in [-0.1, -0.05) is 47.5 Å². The Morgan fingerprint density at radius 1 is 1.00 bits per heavy atom. The number of hydrogen-bond donors (Lipinski definition) is 0. The normalized spacial score (nSPS) is 12.1. The second kappa shape index (κ2) is 6.38. The van der Waals surface area contributed by atoms with E-state index in [2.05, 4.69) is 10.2 Å². The smallest absolute Gasteiger partial charge is 0.257 e. The highest BCUT2D eigenvalue weighted by molar-refractivity contribution is 6.42. The van der Waals surface area contributed by atoms with Crippen molar-refractivity contribution in [1.29, 1.82) is 0 Å². The summed E-state index contributed by atoms with van der Waals surface area (Å²) >= 11 is 12.1. The Hall–Kier alpha value is -2.04. The summed E-state index contributed by atoms with van der Waals surface area (Å²) in [6.07, 6.45) is -0.444. The Kier molecular flexibility index (Phi) is 4.32. The summed E-state index contributed by atoms with van der Waals surface area (Å²) in [5.41, 5.74) is 0.856. The van der Waals surface area contributed by atoms with E-state index < -0.39 is 6.10 Å². The van der Waals surface area contributed by atoms with Gasteiger partial charge in [-0.25, -0.2) is 0 Å². The van der Waals surface area contributed by atoms with Crippen LogP contribution in [0, 0.1) is 0 Å². The second-order valence-electron chi connectivity index (χ2n) is 4.62. The third-order valence-electron chi connectivity index (χ3n) is 3.03. The van der Waals surface area contributed by atoms with Crippen molar-refractivity contribution in [3.8, 4) is 17.2 Å². The average molecular weight is 335 g/mol. The summed E-state index contributed by atoms with van der Waals surface area (Å²) in [6.45, 7) is 1.81. The molecule has 112 valence electrons. The first-order chi connectivity index (χ1) is 10.6. The van der Waals surface area contributed by atoms with Crippen LogP contribution in [0.3, 0.4) is 0 Å². The Bertz CT molecular complexity index is 775. The van der Waals surface area contributed by atoms with E-state index in [1.807, 2.05) is 30.3 Å². The minimum atomic E-state index is -0.444. The number of hydrogen-bond acceptors (Lipinski definition) is 4. The fourth-order valence-electron chi connectivity index (χ4n) is 1.91. The SMILES string of the molecule is CC(Oc1cccc(Cl)c1Cl)c1nnc(-c2ccccc2)o1. The molecule has 0 N–H and O–H groups in total. The Labute approximate surface area is 137 Å². The largest absolute Gasteiger partial charge is 0.479 e. The van der Waals surface area contributed by atoms with Crippen LogP contribution in [-0.4, -0.2) is 10.2 Å². The average Bonchev–Trinajstić information content (AvgIpc) is 3.03. The third kappa shape index (κ3) is 3.08. The number of rotatable bonds is 4. The molecule has 0 spiro atoms. The lowest BCUT2D eigenvalue weighted by molar-refractivity contribution is 0.190. The van der Waals surface area contributed by atoms with Gasteiger partial charge in [0.05, 0.1) is 5.02 Å². The molecule has 0 saturated heterocycles. The fraction of sp³-hybridized carbons (Fsp3) is 0.125. The molecule has 1 unspecified atom stereocenters. The molecule has 0 bridgehead atoms. The molecule has 0 amide bonds. The molecule has 3 rings (SSSR count). The standard InChI is InChI=1S/C16H12Cl2N2O2/c1-10(21-13-9-5-8-12(17)14(13)18)15-19-20-16(22-15)11-6-3-2-4-7-11/h2-10H,1H3. The Morgan fingerprint density at radius 2 is 1.77 bits per heavy atom. The second-order valence-corrected chi connectivity index (χ2v) is 5.41. The summed E-state index contributed by atoms with van der Waals surface area (Å²) < 4.78 is 11.4. The minimum absolute atomic E-state index is 0.360. The molecular formula is C16H12Cl2N2O2. The maximum atomic E-state index is 6.10. The topological polar surface area (TPSA) is 48.2 Å². The molecule has 3 aromatic rings. The minimum Gasteiger partial charge on any atom is -0.479 e. The molecule has 1 aromatic heterocycles. The molecule has 1 heterocycles. The zero-order chi connectivity index (χ0) is 15.5. The van der Waals surface area contributed by atoms with Crippen LogP contribution in [0.2, 0.25) is 10.0 Å². The molecule has 22 heavy (non-hydrogen) atoms. The van der Waals surface area contributed by atoms with Gasteiger partial charge in [-0.3, -0.25) is 0 Å². The van der Waals surface area contributed by atoms with Crippen LogP contribution in [0.4, 0.5) is 0 Å². The summed E-state index contributed by atoms with van der Waals surface area (Å²) in [6, 6.07) is 14.7. The summed E-state index contributed by atoms with van der Waals surface area (Å²) in [7, 11) is 0. The molecular weight excluding hydrogens is 323 g/mol. The molecule has 6 heteroatoms. The van der Waals surface area contributed by atoms with E-state index in [0.717, 1.165) is 5.56 Å². The van der Waals surface area contributed by atoms with Gasteiger partial charge in [-0.05, 0) is 31.2 Å². The van der Waals surface area contributed by atoms with E-state index in [0.29, 0.717) is 27.6 Å². The highest BCUT2D eigenvalue weighted by Gasteiger charge is 2.18. The first-order valence-corrected chi connectivity index (χ1v) is 7.40. The fourth-order valence-corrected chi connectivity index (χ4v) is 2.25. The Morgan fingerprint density at radius 3 is 2.55 bits per heavy atom. The van der Waals surface area contributed by atoms with Gasteiger partial charge >= 0.3 is 0 Å². The molecule has 4 nitrogen and oxygen atoms in total.